The van der Waals surface area contributed by atoms with Crippen LogP contribution in [0.2, 0.25) is 0 Å². The smallest absolute Gasteiger partial charge is 0.247 e. The number of methoxy groups -OCH3 is 1. The van der Waals surface area contributed by atoms with Crippen LogP contribution < -0.4 is 10.1 Å². The molecule has 4 aromatic rings. The Labute approximate surface area is 243 Å². The van der Waals surface area contributed by atoms with E-state index in [1.54, 1.807) is 36.3 Å². The second-order valence-electron chi connectivity index (χ2n) is 9.64. The highest BCUT2D eigenvalue weighted by atomic mass is 32.2. The molecular weight excluding hydrogens is 542 g/mol. The zero-order chi connectivity index (χ0) is 28.6. The Morgan fingerprint density at radius 3 is 2.30 bits per heavy atom. The lowest BCUT2D eigenvalue weighted by atomic mass is 10.0. The number of rotatable bonds is 11. The SMILES string of the molecule is COc1ccc(NC(=O)[C@H](C(C)C)N(Cc2nc(-c3ccccc3)cs2)C(=O)CSc2nc(C)cc(C)n2)cc1. The van der Waals surface area contributed by atoms with Gasteiger partial charge < -0.3 is 15.0 Å². The largest absolute Gasteiger partial charge is 0.497 e. The summed E-state index contributed by atoms with van der Waals surface area (Å²) in [5.41, 5.74) is 4.16. The molecule has 208 valence electrons. The molecule has 4 rings (SSSR count). The average Bonchev–Trinajstić information content (AvgIpc) is 3.40. The van der Waals surface area contributed by atoms with Crippen molar-refractivity contribution in [2.24, 2.45) is 5.92 Å². The van der Waals surface area contributed by atoms with Gasteiger partial charge >= 0.3 is 0 Å². The third kappa shape index (κ3) is 7.67. The van der Waals surface area contributed by atoms with E-state index in [0.29, 0.717) is 16.6 Å². The van der Waals surface area contributed by atoms with E-state index in [1.807, 2.05) is 69.5 Å². The summed E-state index contributed by atoms with van der Waals surface area (Å²) in [5.74, 6) is 0.185. The molecule has 40 heavy (non-hydrogen) atoms. The maximum absolute atomic E-state index is 13.8. The number of amides is 2. The summed E-state index contributed by atoms with van der Waals surface area (Å²) >= 11 is 2.75. The molecule has 2 heterocycles. The molecule has 1 N–H and O–H groups in total. The highest BCUT2D eigenvalue weighted by molar-refractivity contribution is 7.99. The first kappa shape index (κ1) is 29.2. The van der Waals surface area contributed by atoms with Gasteiger partial charge in [-0.2, -0.15) is 0 Å². The summed E-state index contributed by atoms with van der Waals surface area (Å²) < 4.78 is 5.22. The van der Waals surface area contributed by atoms with Gasteiger partial charge in [0.1, 0.15) is 16.8 Å². The van der Waals surface area contributed by atoms with Crippen LogP contribution in [-0.2, 0) is 16.1 Å². The summed E-state index contributed by atoms with van der Waals surface area (Å²) in [4.78, 5) is 42.8. The minimum Gasteiger partial charge on any atom is -0.497 e. The zero-order valence-electron chi connectivity index (χ0n) is 23.2. The molecule has 0 aliphatic rings. The predicted molar refractivity (Wildman–Crippen MR) is 161 cm³/mol. The van der Waals surface area contributed by atoms with Crippen molar-refractivity contribution >= 4 is 40.6 Å². The van der Waals surface area contributed by atoms with Gasteiger partial charge in [-0.15, -0.1) is 11.3 Å². The number of ether oxygens (including phenoxy) is 1. The summed E-state index contributed by atoms with van der Waals surface area (Å²) in [6.45, 7) is 7.89. The molecule has 0 aliphatic heterocycles. The van der Waals surface area contributed by atoms with Gasteiger partial charge in [0, 0.05) is 28.0 Å². The molecule has 0 fully saturated rings. The lowest BCUT2D eigenvalue weighted by Crippen LogP contribution is -2.50. The molecule has 8 nitrogen and oxygen atoms in total. The Kier molecular flexibility index (Phi) is 9.89. The number of carbonyl (C=O) groups excluding carboxylic acids is 2. The first-order valence-electron chi connectivity index (χ1n) is 12.9. The maximum Gasteiger partial charge on any atom is 0.247 e. The van der Waals surface area contributed by atoms with Crippen LogP contribution in [0, 0.1) is 19.8 Å². The summed E-state index contributed by atoms with van der Waals surface area (Å²) in [7, 11) is 1.59. The molecule has 0 saturated carbocycles. The number of hydrogen-bond donors (Lipinski definition) is 1. The molecule has 0 aliphatic carbocycles. The highest BCUT2D eigenvalue weighted by Gasteiger charge is 2.33. The fraction of sp³-hybridized carbons (Fsp3) is 0.300. The van der Waals surface area contributed by atoms with Crippen molar-refractivity contribution in [3.63, 3.8) is 0 Å². The summed E-state index contributed by atoms with van der Waals surface area (Å²) in [5, 5.41) is 6.25. The second-order valence-corrected chi connectivity index (χ2v) is 11.5. The Morgan fingerprint density at radius 1 is 1.00 bits per heavy atom. The van der Waals surface area contributed by atoms with Crippen molar-refractivity contribution in [1.82, 2.24) is 19.9 Å². The van der Waals surface area contributed by atoms with Crippen LogP contribution in [0.4, 0.5) is 5.69 Å². The molecule has 10 heteroatoms. The molecule has 2 amide bonds. The Hall–Kier alpha value is -3.76. The Bertz CT molecular complexity index is 1420. The topological polar surface area (TPSA) is 97.3 Å². The molecular formula is C30H33N5O3S2. The number of anilines is 1. The van der Waals surface area contributed by atoms with Crippen molar-refractivity contribution in [2.75, 3.05) is 18.2 Å². The molecule has 1 atom stereocenters. The average molecular weight is 576 g/mol. The predicted octanol–water partition coefficient (Wildman–Crippen LogP) is 6.01. The van der Waals surface area contributed by atoms with Crippen molar-refractivity contribution in [1.29, 1.82) is 0 Å². The number of hydrogen-bond acceptors (Lipinski definition) is 8. The molecule has 0 spiro atoms. The van der Waals surface area contributed by atoms with Gasteiger partial charge in [0.05, 0.1) is 25.1 Å². The van der Waals surface area contributed by atoms with Crippen LogP contribution >= 0.6 is 23.1 Å². The maximum atomic E-state index is 13.8. The van der Waals surface area contributed by atoms with Crippen LogP contribution in [0.5, 0.6) is 5.75 Å². The number of benzene rings is 2. The van der Waals surface area contributed by atoms with E-state index in [-0.39, 0.29) is 30.0 Å². The van der Waals surface area contributed by atoms with Gasteiger partial charge in [0.25, 0.3) is 0 Å². The van der Waals surface area contributed by atoms with E-state index in [9.17, 15) is 9.59 Å². The lowest BCUT2D eigenvalue weighted by molar-refractivity contribution is -0.138. The Morgan fingerprint density at radius 2 is 1.68 bits per heavy atom. The summed E-state index contributed by atoms with van der Waals surface area (Å²) in [6.07, 6.45) is 0. The normalized spacial score (nSPS) is 11.8. The minimum absolute atomic E-state index is 0.0961. The standard InChI is InChI=1S/C30H33N5O3S2/c1-19(2)28(29(37)33-23-11-13-24(38-5)14-12-23)35(27(36)18-40-30-31-20(3)15-21(4)32-30)16-26-34-25(17-39-26)22-9-7-6-8-10-22/h6-15,17,19,28H,16,18H2,1-5H3,(H,33,37)/t28-/m0/s1. The molecule has 2 aromatic carbocycles. The van der Waals surface area contributed by atoms with Crippen LogP contribution in [-0.4, -0.2) is 50.6 Å². The van der Waals surface area contributed by atoms with Crippen molar-refractivity contribution in [3.8, 4) is 17.0 Å². The number of nitrogens with one attached hydrogen (secondary N) is 1. The molecule has 0 bridgehead atoms. The second kappa shape index (κ2) is 13.5. The van der Waals surface area contributed by atoms with Crippen LogP contribution in [0.15, 0.2) is 71.2 Å². The van der Waals surface area contributed by atoms with E-state index in [2.05, 4.69) is 15.3 Å². The first-order valence-corrected chi connectivity index (χ1v) is 14.8. The zero-order valence-corrected chi connectivity index (χ0v) is 24.9. The van der Waals surface area contributed by atoms with Gasteiger partial charge in [-0.3, -0.25) is 9.59 Å². The van der Waals surface area contributed by atoms with Gasteiger partial charge in [0.2, 0.25) is 11.8 Å². The van der Waals surface area contributed by atoms with Crippen molar-refractivity contribution < 1.29 is 14.3 Å². The Balaban J connectivity index is 1.59. The van der Waals surface area contributed by atoms with Gasteiger partial charge in [0.15, 0.2) is 5.16 Å². The third-order valence-corrected chi connectivity index (χ3v) is 7.79. The number of thioether (sulfide) groups is 1. The molecule has 2 aromatic heterocycles. The van der Waals surface area contributed by atoms with E-state index in [4.69, 9.17) is 9.72 Å². The van der Waals surface area contributed by atoms with Gasteiger partial charge in [-0.25, -0.2) is 15.0 Å². The number of aromatic nitrogens is 3. The van der Waals surface area contributed by atoms with E-state index >= 15 is 0 Å². The number of aryl methyl sites for hydroxylation is 2. The van der Waals surface area contributed by atoms with E-state index in [0.717, 1.165) is 27.7 Å². The van der Waals surface area contributed by atoms with Crippen molar-refractivity contribution in [3.05, 3.63) is 82.4 Å². The molecule has 0 radical (unpaired) electrons. The minimum atomic E-state index is -0.723. The monoisotopic (exact) mass is 575 g/mol. The third-order valence-electron chi connectivity index (χ3n) is 6.13. The van der Waals surface area contributed by atoms with E-state index in [1.165, 1.54) is 23.1 Å². The number of thiazole rings is 1. The molecule has 0 unspecified atom stereocenters. The fourth-order valence-electron chi connectivity index (χ4n) is 4.27. The molecule has 0 saturated heterocycles. The fourth-order valence-corrected chi connectivity index (χ4v) is 5.91. The van der Waals surface area contributed by atoms with Crippen LogP contribution in [0.25, 0.3) is 11.3 Å². The highest BCUT2D eigenvalue weighted by Crippen LogP contribution is 2.26. The summed E-state index contributed by atoms with van der Waals surface area (Å²) in [6, 6.07) is 18.2. The van der Waals surface area contributed by atoms with Crippen LogP contribution in [0.1, 0.15) is 30.2 Å². The van der Waals surface area contributed by atoms with Crippen LogP contribution in [0.3, 0.4) is 0 Å². The van der Waals surface area contributed by atoms with E-state index < -0.39 is 6.04 Å². The quantitative estimate of drug-likeness (QED) is 0.173. The lowest BCUT2D eigenvalue weighted by Gasteiger charge is -2.33. The first-order chi connectivity index (χ1) is 19.2. The van der Waals surface area contributed by atoms with Gasteiger partial charge in [-0.05, 0) is 50.1 Å². The van der Waals surface area contributed by atoms with Gasteiger partial charge in [-0.1, -0.05) is 55.9 Å². The number of nitrogens with zero attached hydrogens (tertiary/aromatic N) is 4. The number of carbonyl (C=O) groups is 2. The van der Waals surface area contributed by atoms with Crippen molar-refractivity contribution in [2.45, 2.75) is 45.4 Å².